The van der Waals surface area contributed by atoms with Crippen molar-refractivity contribution >= 4 is 11.7 Å². The molecule has 0 saturated carbocycles. The Morgan fingerprint density at radius 3 is 2.94 bits per heavy atom. The van der Waals surface area contributed by atoms with Gasteiger partial charge in [-0.25, -0.2) is 9.97 Å². The highest BCUT2D eigenvalue weighted by Crippen LogP contribution is 2.33. The molecule has 3 aromatic heterocycles. The minimum absolute atomic E-state index is 0.164. The Bertz CT molecular complexity index is 1050. The van der Waals surface area contributed by atoms with Gasteiger partial charge in [-0.3, -0.25) is 9.48 Å². The summed E-state index contributed by atoms with van der Waals surface area (Å²) in [5.74, 6) is 0.414. The first-order chi connectivity index (χ1) is 15.3. The average molecular weight is 420 g/mol. The Kier molecular flexibility index (Phi) is 5.80. The summed E-state index contributed by atoms with van der Waals surface area (Å²) >= 11 is 0. The molecule has 8 heteroatoms. The standard InChI is InChI=1S/C23H29N7O/c31-23(18-15-25-19-7-4-6-17-14-24-16-26-22(17)21(18)19)27-20-8-13-30(28-20)12-5-11-29-9-2-1-3-10-29/h8,13-16,25H,1-7,9-12H2,(H,27,28,31). The summed E-state index contributed by atoms with van der Waals surface area (Å²) in [5.41, 5.74) is 4.51. The maximum atomic E-state index is 13.1. The predicted molar refractivity (Wildman–Crippen MR) is 119 cm³/mol. The summed E-state index contributed by atoms with van der Waals surface area (Å²) in [6.07, 6.45) is 15.0. The van der Waals surface area contributed by atoms with Crippen molar-refractivity contribution in [3.05, 3.63) is 47.8 Å². The van der Waals surface area contributed by atoms with Crippen LogP contribution in [0.5, 0.6) is 0 Å². The fourth-order valence-corrected chi connectivity index (χ4v) is 4.71. The number of hydrogen-bond acceptors (Lipinski definition) is 5. The number of anilines is 1. The second kappa shape index (κ2) is 9.01. The van der Waals surface area contributed by atoms with Gasteiger partial charge in [0.25, 0.3) is 5.91 Å². The molecule has 0 radical (unpaired) electrons. The van der Waals surface area contributed by atoms with E-state index in [9.17, 15) is 4.79 Å². The van der Waals surface area contributed by atoms with E-state index in [2.05, 4.69) is 30.3 Å². The van der Waals surface area contributed by atoms with E-state index >= 15 is 0 Å². The third-order valence-electron chi connectivity index (χ3n) is 6.30. The van der Waals surface area contributed by atoms with Crippen molar-refractivity contribution in [3.8, 4) is 11.3 Å². The zero-order valence-electron chi connectivity index (χ0n) is 17.8. The van der Waals surface area contributed by atoms with Gasteiger partial charge < -0.3 is 15.2 Å². The molecule has 1 saturated heterocycles. The topological polar surface area (TPSA) is 91.7 Å². The molecule has 1 amide bonds. The number of rotatable bonds is 6. The van der Waals surface area contributed by atoms with Crippen molar-refractivity contribution in [2.24, 2.45) is 0 Å². The van der Waals surface area contributed by atoms with E-state index in [1.54, 1.807) is 12.5 Å². The van der Waals surface area contributed by atoms with Crippen LogP contribution in [-0.2, 0) is 19.4 Å². The summed E-state index contributed by atoms with van der Waals surface area (Å²) in [6.45, 7) is 4.40. The molecular formula is C23H29N7O. The van der Waals surface area contributed by atoms with Crippen molar-refractivity contribution in [1.29, 1.82) is 0 Å². The highest BCUT2D eigenvalue weighted by atomic mass is 16.1. The van der Waals surface area contributed by atoms with E-state index < -0.39 is 0 Å². The fourth-order valence-electron chi connectivity index (χ4n) is 4.71. The summed E-state index contributed by atoms with van der Waals surface area (Å²) in [5, 5.41) is 7.51. The van der Waals surface area contributed by atoms with Gasteiger partial charge in [-0.15, -0.1) is 0 Å². The molecule has 0 atom stereocenters. The highest BCUT2D eigenvalue weighted by Gasteiger charge is 2.24. The van der Waals surface area contributed by atoms with E-state index in [1.807, 2.05) is 23.1 Å². The van der Waals surface area contributed by atoms with Crippen molar-refractivity contribution in [2.45, 2.75) is 51.5 Å². The molecule has 31 heavy (non-hydrogen) atoms. The molecule has 8 nitrogen and oxygen atoms in total. The van der Waals surface area contributed by atoms with Crippen LogP contribution in [0.3, 0.4) is 0 Å². The van der Waals surface area contributed by atoms with Crippen LogP contribution in [0.1, 0.15) is 53.7 Å². The molecule has 1 fully saturated rings. The first kappa shape index (κ1) is 19.9. The van der Waals surface area contributed by atoms with Crippen molar-refractivity contribution in [2.75, 3.05) is 25.0 Å². The van der Waals surface area contributed by atoms with E-state index in [0.717, 1.165) is 61.3 Å². The number of piperidine rings is 1. The van der Waals surface area contributed by atoms with Crippen LogP contribution in [0.25, 0.3) is 11.3 Å². The number of amides is 1. The number of aryl methyl sites for hydroxylation is 3. The number of carbonyl (C=O) groups is 1. The Hall–Kier alpha value is -3.00. The van der Waals surface area contributed by atoms with Gasteiger partial charge in [0.2, 0.25) is 0 Å². The molecule has 4 heterocycles. The lowest BCUT2D eigenvalue weighted by Crippen LogP contribution is -2.31. The Labute approximate surface area is 182 Å². The van der Waals surface area contributed by atoms with Gasteiger partial charge in [0, 0.05) is 42.5 Å². The van der Waals surface area contributed by atoms with Gasteiger partial charge in [0.05, 0.1) is 11.3 Å². The van der Waals surface area contributed by atoms with Crippen LogP contribution in [0.15, 0.2) is 31.0 Å². The number of aromatic amines is 1. The normalized spacial score (nSPS) is 16.4. The monoisotopic (exact) mass is 419 g/mol. The Morgan fingerprint density at radius 2 is 2.03 bits per heavy atom. The molecular weight excluding hydrogens is 390 g/mol. The quantitative estimate of drug-likeness (QED) is 0.640. The maximum absolute atomic E-state index is 13.1. The highest BCUT2D eigenvalue weighted by molar-refractivity contribution is 6.08. The lowest BCUT2D eigenvalue weighted by Gasteiger charge is -2.26. The van der Waals surface area contributed by atoms with Crippen LogP contribution in [0, 0.1) is 0 Å². The summed E-state index contributed by atoms with van der Waals surface area (Å²) in [4.78, 5) is 27.5. The van der Waals surface area contributed by atoms with E-state index in [-0.39, 0.29) is 5.91 Å². The lowest BCUT2D eigenvalue weighted by molar-refractivity contribution is 0.102. The fraction of sp³-hybridized carbons (Fsp3) is 0.478. The molecule has 0 aromatic carbocycles. The van der Waals surface area contributed by atoms with Crippen molar-refractivity contribution < 1.29 is 4.79 Å². The maximum Gasteiger partial charge on any atom is 0.259 e. The van der Waals surface area contributed by atoms with E-state index in [1.165, 1.54) is 32.4 Å². The van der Waals surface area contributed by atoms with Gasteiger partial charge in [0.15, 0.2) is 5.82 Å². The number of carbonyl (C=O) groups excluding carboxylic acids is 1. The first-order valence-corrected chi connectivity index (χ1v) is 11.3. The van der Waals surface area contributed by atoms with Gasteiger partial charge >= 0.3 is 0 Å². The Balaban J connectivity index is 1.25. The van der Waals surface area contributed by atoms with Gasteiger partial charge in [-0.1, -0.05) is 6.42 Å². The second-order valence-electron chi connectivity index (χ2n) is 8.48. The largest absolute Gasteiger partial charge is 0.364 e. The molecule has 162 valence electrons. The number of likely N-dealkylation sites (tertiary alicyclic amines) is 1. The molecule has 3 aromatic rings. The van der Waals surface area contributed by atoms with E-state index in [4.69, 9.17) is 0 Å². The van der Waals surface area contributed by atoms with Gasteiger partial charge in [0.1, 0.15) is 6.33 Å². The van der Waals surface area contributed by atoms with Crippen LogP contribution in [0.2, 0.25) is 0 Å². The summed E-state index contributed by atoms with van der Waals surface area (Å²) < 4.78 is 1.92. The SMILES string of the molecule is O=C(Nc1ccn(CCCN2CCCCC2)n1)c1c[nH]c2c1-c1ncncc1CCC2. The number of nitrogens with one attached hydrogen (secondary N) is 2. The van der Waals surface area contributed by atoms with E-state index in [0.29, 0.717) is 11.4 Å². The average Bonchev–Trinajstić information content (AvgIpc) is 3.37. The number of H-pyrrole nitrogens is 1. The molecule has 1 aliphatic carbocycles. The molecule has 2 aliphatic rings. The minimum Gasteiger partial charge on any atom is -0.364 e. The minimum atomic E-state index is -0.164. The molecule has 0 spiro atoms. The number of aromatic nitrogens is 5. The second-order valence-corrected chi connectivity index (χ2v) is 8.48. The third-order valence-corrected chi connectivity index (χ3v) is 6.30. The molecule has 1 aliphatic heterocycles. The third kappa shape index (κ3) is 4.39. The zero-order valence-corrected chi connectivity index (χ0v) is 17.8. The van der Waals surface area contributed by atoms with Crippen LogP contribution in [-0.4, -0.2) is 55.2 Å². The number of hydrogen-bond donors (Lipinski definition) is 2. The molecule has 0 bridgehead atoms. The smallest absolute Gasteiger partial charge is 0.259 e. The lowest BCUT2D eigenvalue weighted by atomic mass is 10.0. The number of fused-ring (bicyclic) bond motifs is 3. The number of nitrogens with zero attached hydrogens (tertiary/aromatic N) is 5. The molecule has 5 rings (SSSR count). The van der Waals surface area contributed by atoms with Crippen molar-refractivity contribution in [3.63, 3.8) is 0 Å². The van der Waals surface area contributed by atoms with Gasteiger partial charge in [-0.2, -0.15) is 5.10 Å². The molecule has 0 unspecified atom stereocenters. The van der Waals surface area contributed by atoms with Gasteiger partial charge in [-0.05, 0) is 63.7 Å². The van der Waals surface area contributed by atoms with Crippen LogP contribution in [0.4, 0.5) is 5.82 Å². The summed E-state index contributed by atoms with van der Waals surface area (Å²) in [7, 11) is 0. The molecule has 2 N–H and O–H groups in total. The van der Waals surface area contributed by atoms with Crippen LogP contribution < -0.4 is 5.32 Å². The zero-order chi connectivity index (χ0) is 21.0. The van der Waals surface area contributed by atoms with Crippen molar-refractivity contribution in [1.82, 2.24) is 29.6 Å². The summed E-state index contributed by atoms with van der Waals surface area (Å²) in [6, 6.07) is 1.86. The first-order valence-electron chi connectivity index (χ1n) is 11.3. The predicted octanol–water partition coefficient (Wildman–Crippen LogP) is 3.29. The Morgan fingerprint density at radius 1 is 1.13 bits per heavy atom. The van der Waals surface area contributed by atoms with Crippen LogP contribution >= 0.6 is 0 Å².